The summed E-state index contributed by atoms with van der Waals surface area (Å²) in [5.74, 6) is -0.914. The van der Waals surface area contributed by atoms with Crippen molar-refractivity contribution < 1.29 is 26.3 Å². The van der Waals surface area contributed by atoms with E-state index in [0.717, 1.165) is 24.9 Å². The summed E-state index contributed by atoms with van der Waals surface area (Å²) in [5.41, 5.74) is 2.29. The van der Waals surface area contributed by atoms with Crippen LogP contribution in [0.3, 0.4) is 0 Å². The number of benzene rings is 1. The smallest absolute Gasteiger partial charge is 0.453 e. The van der Waals surface area contributed by atoms with Crippen LogP contribution in [-0.4, -0.2) is 67.0 Å². The molecule has 0 N–H and O–H groups in total. The Morgan fingerprint density at radius 2 is 1.80 bits per heavy atom. The van der Waals surface area contributed by atoms with Crippen LogP contribution in [0.25, 0.3) is 28.6 Å². The zero-order chi connectivity index (χ0) is 29.0. The molecule has 16 heteroatoms. The number of fused-ring (bicyclic) bond motifs is 1. The number of pyridine rings is 1. The fourth-order valence-electron chi connectivity index (χ4n) is 3.96. The van der Waals surface area contributed by atoms with Crippen LogP contribution in [0, 0.1) is 6.92 Å². The number of nitrogens with zero attached hydrogens (tertiary/aromatic N) is 8. The first-order valence-corrected chi connectivity index (χ1v) is 13.8. The molecule has 5 aromatic rings. The van der Waals surface area contributed by atoms with Gasteiger partial charge in [-0.25, -0.2) is 23.6 Å². The van der Waals surface area contributed by atoms with Crippen LogP contribution in [0.2, 0.25) is 0 Å². The maximum Gasteiger partial charge on any atom is 0.453 e. The SMILES string of the molecule is COc1ccc(Cn2nc(C(F)(F)F)nc2-c2nc3cc(C)c(Br)cn3c2-c2cn(S(=O)(=O)N(C)C)cn2)cc1. The highest BCUT2D eigenvalue weighted by molar-refractivity contribution is 9.10. The molecule has 40 heavy (non-hydrogen) atoms. The summed E-state index contributed by atoms with van der Waals surface area (Å²) >= 11 is 3.48. The number of imidazole rings is 2. The Hall–Kier alpha value is -3.76. The van der Waals surface area contributed by atoms with E-state index in [0.29, 0.717) is 21.4 Å². The van der Waals surface area contributed by atoms with E-state index in [9.17, 15) is 21.6 Å². The Bertz CT molecular complexity index is 1830. The van der Waals surface area contributed by atoms with Gasteiger partial charge in [-0.3, -0.25) is 4.40 Å². The molecule has 4 heterocycles. The Balaban J connectivity index is 1.75. The Morgan fingerprint density at radius 3 is 2.42 bits per heavy atom. The van der Waals surface area contributed by atoms with Gasteiger partial charge in [-0.15, -0.1) is 5.10 Å². The molecule has 0 saturated carbocycles. The van der Waals surface area contributed by atoms with E-state index in [1.807, 2.05) is 6.92 Å². The average molecular weight is 639 g/mol. The van der Waals surface area contributed by atoms with Gasteiger partial charge in [-0.1, -0.05) is 12.1 Å². The van der Waals surface area contributed by atoms with Crippen LogP contribution in [0.4, 0.5) is 13.2 Å². The molecule has 0 bridgehead atoms. The summed E-state index contributed by atoms with van der Waals surface area (Å²) in [6.07, 6.45) is -0.754. The maximum absolute atomic E-state index is 13.8. The van der Waals surface area contributed by atoms with Crippen LogP contribution in [0.15, 0.2) is 53.5 Å². The van der Waals surface area contributed by atoms with E-state index in [1.54, 1.807) is 40.9 Å². The van der Waals surface area contributed by atoms with Gasteiger partial charge in [0.1, 0.15) is 34.8 Å². The van der Waals surface area contributed by atoms with Crippen molar-refractivity contribution in [3.05, 3.63) is 70.5 Å². The molecule has 0 spiro atoms. The zero-order valence-electron chi connectivity index (χ0n) is 21.5. The van der Waals surface area contributed by atoms with E-state index in [4.69, 9.17) is 4.74 Å². The Labute approximate surface area is 235 Å². The topological polar surface area (TPSA) is 112 Å². The largest absolute Gasteiger partial charge is 0.497 e. The average Bonchev–Trinajstić information content (AvgIpc) is 3.62. The molecule has 0 aliphatic rings. The summed E-state index contributed by atoms with van der Waals surface area (Å²) < 4.78 is 77.3. The van der Waals surface area contributed by atoms with Gasteiger partial charge >= 0.3 is 16.4 Å². The molecule has 0 aliphatic heterocycles. The normalized spacial score (nSPS) is 12.5. The van der Waals surface area contributed by atoms with E-state index in [2.05, 4.69) is 36.0 Å². The maximum atomic E-state index is 13.8. The van der Waals surface area contributed by atoms with Gasteiger partial charge in [0.05, 0.1) is 19.9 Å². The fraction of sp³-hybridized carbons (Fsp3) is 0.250. The number of methoxy groups -OCH3 is 1. The van der Waals surface area contributed by atoms with Crippen LogP contribution in [0.1, 0.15) is 17.0 Å². The van der Waals surface area contributed by atoms with Crippen LogP contribution in [0.5, 0.6) is 5.75 Å². The van der Waals surface area contributed by atoms with Crippen molar-refractivity contribution in [1.29, 1.82) is 0 Å². The van der Waals surface area contributed by atoms with Crippen molar-refractivity contribution >= 4 is 31.8 Å². The fourth-order valence-corrected chi connectivity index (χ4v) is 5.05. The molecular formula is C24H22BrF3N8O3S. The van der Waals surface area contributed by atoms with Gasteiger partial charge in [0.2, 0.25) is 0 Å². The third-order valence-electron chi connectivity index (χ3n) is 6.06. The third kappa shape index (κ3) is 4.97. The van der Waals surface area contributed by atoms with Crippen molar-refractivity contribution in [2.75, 3.05) is 21.2 Å². The minimum atomic E-state index is -4.82. The first-order valence-electron chi connectivity index (χ1n) is 11.6. The first kappa shape index (κ1) is 27.8. The summed E-state index contributed by atoms with van der Waals surface area (Å²) in [6, 6.07) is 8.52. The number of aromatic nitrogens is 7. The van der Waals surface area contributed by atoms with Gasteiger partial charge in [-0.2, -0.15) is 25.9 Å². The molecule has 210 valence electrons. The molecule has 0 saturated heterocycles. The predicted molar refractivity (Wildman–Crippen MR) is 143 cm³/mol. The van der Waals surface area contributed by atoms with Crippen LogP contribution < -0.4 is 4.74 Å². The highest BCUT2D eigenvalue weighted by Crippen LogP contribution is 2.35. The van der Waals surface area contributed by atoms with Crippen molar-refractivity contribution in [3.8, 4) is 28.7 Å². The lowest BCUT2D eigenvalue weighted by Gasteiger charge is -2.10. The van der Waals surface area contributed by atoms with Gasteiger partial charge in [0.25, 0.3) is 5.82 Å². The molecule has 0 unspecified atom stereocenters. The lowest BCUT2D eigenvalue weighted by atomic mass is 10.2. The molecule has 5 rings (SSSR count). The number of hydrogen-bond acceptors (Lipinski definition) is 7. The summed E-state index contributed by atoms with van der Waals surface area (Å²) in [5, 5.41) is 3.77. The number of halogens is 4. The lowest BCUT2D eigenvalue weighted by molar-refractivity contribution is -0.144. The van der Waals surface area contributed by atoms with Crippen LogP contribution >= 0.6 is 15.9 Å². The summed E-state index contributed by atoms with van der Waals surface area (Å²) in [6.45, 7) is 1.78. The number of rotatable bonds is 7. The Morgan fingerprint density at radius 1 is 1.10 bits per heavy atom. The number of aryl methyl sites for hydroxylation is 1. The molecule has 4 aromatic heterocycles. The predicted octanol–water partition coefficient (Wildman–Crippen LogP) is 4.26. The third-order valence-corrected chi connectivity index (χ3v) is 8.55. The highest BCUT2D eigenvalue weighted by Gasteiger charge is 2.38. The molecule has 11 nitrogen and oxygen atoms in total. The minimum absolute atomic E-state index is 0.0431. The molecule has 0 radical (unpaired) electrons. The second-order valence-electron chi connectivity index (χ2n) is 8.98. The van der Waals surface area contributed by atoms with E-state index < -0.39 is 22.2 Å². The molecule has 0 atom stereocenters. The molecule has 0 fully saturated rings. The van der Waals surface area contributed by atoms with Gasteiger partial charge in [0, 0.05) is 24.8 Å². The summed E-state index contributed by atoms with van der Waals surface area (Å²) in [4.78, 5) is 12.7. The molecular weight excluding hydrogens is 617 g/mol. The molecule has 1 aromatic carbocycles. The summed E-state index contributed by atoms with van der Waals surface area (Å²) in [7, 11) is 0.344. The van der Waals surface area contributed by atoms with Gasteiger partial charge < -0.3 is 4.74 Å². The van der Waals surface area contributed by atoms with E-state index in [-0.39, 0.29) is 29.5 Å². The second kappa shape index (κ2) is 10.0. The standard InChI is InChI=1S/C24H22BrF3N8O3S/c1-14-9-19-30-20(21(35(19)11-17(14)25)18-12-34(13-29-18)40(37,38)33(2)3)22-31-23(24(26,27)28)32-36(22)10-15-5-7-16(39-4)8-6-15/h5-9,11-13H,10H2,1-4H3. The lowest BCUT2D eigenvalue weighted by Crippen LogP contribution is -2.27. The Kier molecular flexibility index (Phi) is 6.96. The number of hydrogen-bond donors (Lipinski definition) is 0. The number of ether oxygens (including phenoxy) is 1. The van der Waals surface area contributed by atoms with E-state index >= 15 is 0 Å². The second-order valence-corrected chi connectivity index (χ2v) is 11.9. The van der Waals surface area contributed by atoms with Crippen molar-refractivity contribution in [2.24, 2.45) is 0 Å². The van der Waals surface area contributed by atoms with E-state index in [1.165, 1.54) is 27.4 Å². The van der Waals surface area contributed by atoms with Crippen molar-refractivity contribution in [3.63, 3.8) is 0 Å². The quantitative estimate of drug-likeness (QED) is 0.262. The minimum Gasteiger partial charge on any atom is -0.497 e. The van der Waals surface area contributed by atoms with Gasteiger partial charge in [-0.05, 0) is 52.2 Å². The molecule has 0 aliphatic carbocycles. The van der Waals surface area contributed by atoms with Gasteiger partial charge in [0.15, 0.2) is 5.82 Å². The zero-order valence-corrected chi connectivity index (χ0v) is 24.0. The van der Waals surface area contributed by atoms with Crippen molar-refractivity contribution in [2.45, 2.75) is 19.6 Å². The molecule has 0 amide bonds. The van der Waals surface area contributed by atoms with Crippen LogP contribution in [-0.2, 0) is 22.9 Å². The number of alkyl halides is 3. The highest BCUT2D eigenvalue weighted by atomic mass is 79.9. The first-order chi connectivity index (χ1) is 18.8. The monoisotopic (exact) mass is 638 g/mol. The van der Waals surface area contributed by atoms with Crippen molar-refractivity contribution in [1.82, 2.24) is 37.4 Å².